The van der Waals surface area contributed by atoms with E-state index in [9.17, 15) is 4.79 Å². The highest BCUT2D eigenvalue weighted by atomic mass is 16.5. The first-order chi connectivity index (χ1) is 10.2. The van der Waals surface area contributed by atoms with Gasteiger partial charge in [-0.1, -0.05) is 24.3 Å². The second-order valence-corrected chi connectivity index (χ2v) is 5.63. The Morgan fingerprint density at radius 3 is 3.05 bits per heavy atom. The SMILES string of the molecule is CCOC1CC(N)C1NC(=O)C1OCCc2ccccc21. The van der Waals surface area contributed by atoms with Crippen LogP contribution < -0.4 is 11.1 Å². The van der Waals surface area contributed by atoms with Crippen LogP contribution >= 0.6 is 0 Å². The van der Waals surface area contributed by atoms with Gasteiger partial charge < -0.3 is 20.5 Å². The first kappa shape index (κ1) is 14.5. The van der Waals surface area contributed by atoms with Crippen molar-refractivity contribution < 1.29 is 14.3 Å². The number of hydrogen-bond acceptors (Lipinski definition) is 4. The molecule has 1 saturated carbocycles. The molecule has 1 aromatic rings. The molecule has 0 aromatic heterocycles. The molecule has 21 heavy (non-hydrogen) atoms. The van der Waals surface area contributed by atoms with E-state index in [1.54, 1.807) is 0 Å². The minimum atomic E-state index is -0.537. The number of amides is 1. The standard InChI is InChI=1S/C16H22N2O3/c1-2-20-13-9-12(17)14(13)18-16(19)15-11-6-4-3-5-10(11)7-8-21-15/h3-6,12-15H,2,7-9,17H2,1H3,(H,18,19). The lowest BCUT2D eigenvalue weighted by molar-refractivity contribution is -0.138. The molecule has 3 rings (SSSR count). The lowest BCUT2D eigenvalue weighted by atomic mass is 9.83. The van der Waals surface area contributed by atoms with Gasteiger partial charge in [0, 0.05) is 12.6 Å². The Labute approximate surface area is 124 Å². The van der Waals surface area contributed by atoms with Crippen molar-refractivity contribution >= 4 is 5.91 Å². The summed E-state index contributed by atoms with van der Waals surface area (Å²) in [5.74, 6) is -0.119. The van der Waals surface area contributed by atoms with Gasteiger partial charge in [0.25, 0.3) is 5.91 Å². The summed E-state index contributed by atoms with van der Waals surface area (Å²) in [5, 5.41) is 3.00. The van der Waals surface area contributed by atoms with Crippen LogP contribution in [0.2, 0.25) is 0 Å². The molecule has 4 atom stereocenters. The number of ether oxygens (including phenoxy) is 2. The number of rotatable bonds is 4. The van der Waals surface area contributed by atoms with Crippen molar-refractivity contribution in [2.45, 2.75) is 44.1 Å². The highest BCUT2D eigenvalue weighted by Gasteiger charge is 2.42. The van der Waals surface area contributed by atoms with Crippen LogP contribution in [0, 0.1) is 0 Å². The van der Waals surface area contributed by atoms with Gasteiger partial charge >= 0.3 is 0 Å². The van der Waals surface area contributed by atoms with Crippen LogP contribution in [-0.4, -0.2) is 37.3 Å². The molecule has 4 unspecified atom stereocenters. The zero-order valence-electron chi connectivity index (χ0n) is 12.2. The molecule has 5 heteroatoms. The number of carbonyl (C=O) groups is 1. The molecular weight excluding hydrogens is 268 g/mol. The molecule has 0 spiro atoms. The highest BCUT2D eigenvalue weighted by Crippen LogP contribution is 2.29. The summed E-state index contributed by atoms with van der Waals surface area (Å²) in [6.07, 6.45) is 1.13. The van der Waals surface area contributed by atoms with E-state index in [-0.39, 0.29) is 24.1 Å². The maximum atomic E-state index is 12.5. The zero-order chi connectivity index (χ0) is 14.8. The van der Waals surface area contributed by atoms with E-state index in [0.717, 1.165) is 18.4 Å². The van der Waals surface area contributed by atoms with E-state index in [1.807, 2.05) is 25.1 Å². The van der Waals surface area contributed by atoms with Crippen molar-refractivity contribution in [3.63, 3.8) is 0 Å². The van der Waals surface area contributed by atoms with Crippen LogP contribution in [0.1, 0.15) is 30.6 Å². The van der Waals surface area contributed by atoms with Crippen molar-refractivity contribution in [3.05, 3.63) is 35.4 Å². The van der Waals surface area contributed by atoms with Crippen LogP contribution in [0.3, 0.4) is 0 Å². The fourth-order valence-corrected chi connectivity index (χ4v) is 3.08. The van der Waals surface area contributed by atoms with Gasteiger partial charge in [-0.2, -0.15) is 0 Å². The van der Waals surface area contributed by atoms with E-state index in [1.165, 1.54) is 5.56 Å². The van der Waals surface area contributed by atoms with Gasteiger partial charge in [-0.15, -0.1) is 0 Å². The lowest BCUT2D eigenvalue weighted by Crippen LogP contribution is -2.65. The normalized spacial score (nSPS) is 31.1. The average molecular weight is 290 g/mol. The van der Waals surface area contributed by atoms with Crippen LogP contribution in [0.5, 0.6) is 0 Å². The minimum absolute atomic E-state index is 0.0211. The van der Waals surface area contributed by atoms with Crippen molar-refractivity contribution in [3.8, 4) is 0 Å². The van der Waals surface area contributed by atoms with Gasteiger partial charge in [-0.25, -0.2) is 0 Å². The van der Waals surface area contributed by atoms with Gasteiger partial charge in [0.2, 0.25) is 0 Å². The Balaban J connectivity index is 1.69. The van der Waals surface area contributed by atoms with E-state index >= 15 is 0 Å². The number of fused-ring (bicyclic) bond motifs is 1. The van der Waals surface area contributed by atoms with Crippen molar-refractivity contribution in [2.24, 2.45) is 5.73 Å². The summed E-state index contributed by atoms with van der Waals surface area (Å²) in [5.41, 5.74) is 8.12. The Hall–Kier alpha value is -1.43. The van der Waals surface area contributed by atoms with Gasteiger partial charge in [-0.3, -0.25) is 4.79 Å². The smallest absolute Gasteiger partial charge is 0.254 e. The molecule has 1 fully saturated rings. The third kappa shape index (κ3) is 2.81. The third-order valence-corrected chi connectivity index (χ3v) is 4.29. The molecular formula is C16H22N2O3. The summed E-state index contributed by atoms with van der Waals surface area (Å²) >= 11 is 0. The van der Waals surface area contributed by atoms with E-state index in [4.69, 9.17) is 15.2 Å². The number of carbonyl (C=O) groups excluding carboxylic acids is 1. The van der Waals surface area contributed by atoms with Crippen LogP contribution in [0.25, 0.3) is 0 Å². The predicted octanol–water partition coefficient (Wildman–Crippen LogP) is 0.921. The van der Waals surface area contributed by atoms with Gasteiger partial charge in [0.15, 0.2) is 6.10 Å². The van der Waals surface area contributed by atoms with Gasteiger partial charge in [-0.05, 0) is 30.9 Å². The number of nitrogens with one attached hydrogen (secondary N) is 1. The van der Waals surface area contributed by atoms with Crippen LogP contribution in [0.4, 0.5) is 0 Å². The summed E-state index contributed by atoms with van der Waals surface area (Å²) in [4.78, 5) is 12.5. The number of benzene rings is 1. The quantitative estimate of drug-likeness (QED) is 0.865. The predicted molar refractivity (Wildman–Crippen MR) is 78.8 cm³/mol. The average Bonchev–Trinajstić information content (AvgIpc) is 2.51. The van der Waals surface area contributed by atoms with Crippen molar-refractivity contribution in [1.29, 1.82) is 0 Å². The molecule has 1 aromatic carbocycles. The molecule has 0 radical (unpaired) electrons. The maximum absolute atomic E-state index is 12.5. The highest BCUT2D eigenvalue weighted by molar-refractivity contribution is 5.83. The second-order valence-electron chi connectivity index (χ2n) is 5.63. The molecule has 1 aliphatic carbocycles. The molecule has 5 nitrogen and oxygen atoms in total. The maximum Gasteiger partial charge on any atom is 0.254 e. The summed E-state index contributed by atoms with van der Waals surface area (Å²) in [6, 6.07) is 7.78. The lowest BCUT2D eigenvalue weighted by Gasteiger charge is -2.43. The summed E-state index contributed by atoms with van der Waals surface area (Å²) < 4.78 is 11.3. The topological polar surface area (TPSA) is 73.6 Å². The molecule has 0 saturated heterocycles. The van der Waals surface area contributed by atoms with Gasteiger partial charge in [0.1, 0.15) is 0 Å². The Kier molecular flexibility index (Phi) is 4.24. The second kappa shape index (κ2) is 6.13. The summed E-state index contributed by atoms with van der Waals surface area (Å²) in [6.45, 7) is 3.15. The zero-order valence-corrected chi connectivity index (χ0v) is 12.2. The monoisotopic (exact) mass is 290 g/mol. The Bertz CT molecular complexity index is 518. The number of nitrogens with two attached hydrogens (primary N) is 1. The molecule has 3 N–H and O–H groups in total. The number of hydrogen-bond donors (Lipinski definition) is 2. The molecule has 0 bridgehead atoms. The largest absolute Gasteiger partial charge is 0.376 e. The Morgan fingerprint density at radius 1 is 1.48 bits per heavy atom. The van der Waals surface area contributed by atoms with E-state index < -0.39 is 6.10 Å². The molecule has 1 amide bonds. The molecule has 2 aliphatic rings. The fourth-order valence-electron chi connectivity index (χ4n) is 3.08. The minimum Gasteiger partial charge on any atom is -0.376 e. The Morgan fingerprint density at radius 2 is 2.29 bits per heavy atom. The third-order valence-electron chi connectivity index (χ3n) is 4.29. The van der Waals surface area contributed by atoms with Crippen LogP contribution in [0.15, 0.2) is 24.3 Å². The molecule has 1 heterocycles. The fraction of sp³-hybridized carbons (Fsp3) is 0.562. The van der Waals surface area contributed by atoms with Crippen molar-refractivity contribution in [1.82, 2.24) is 5.32 Å². The van der Waals surface area contributed by atoms with E-state index in [2.05, 4.69) is 11.4 Å². The van der Waals surface area contributed by atoms with E-state index in [0.29, 0.717) is 13.2 Å². The first-order valence-corrected chi connectivity index (χ1v) is 7.57. The van der Waals surface area contributed by atoms with Crippen molar-refractivity contribution in [2.75, 3.05) is 13.2 Å². The first-order valence-electron chi connectivity index (χ1n) is 7.57. The van der Waals surface area contributed by atoms with Gasteiger partial charge in [0.05, 0.1) is 18.8 Å². The molecule has 114 valence electrons. The van der Waals surface area contributed by atoms with Crippen LogP contribution in [-0.2, 0) is 20.7 Å². The molecule has 1 aliphatic heterocycles. The summed E-state index contributed by atoms with van der Waals surface area (Å²) in [7, 11) is 0.